The smallest absolute Gasteiger partial charge is 0.252 e. The Morgan fingerprint density at radius 2 is 1.86 bits per heavy atom. The summed E-state index contributed by atoms with van der Waals surface area (Å²) in [5, 5.41) is 1.34. The minimum Gasteiger partial charge on any atom is -0.308 e. The van der Waals surface area contributed by atoms with Gasteiger partial charge in [0.05, 0.1) is 10.2 Å². The quantitative estimate of drug-likeness (QED) is 0.523. The first-order chi connectivity index (χ1) is 13.3. The van der Waals surface area contributed by atoms with Crippen molar-refractivity contribution in [3.63, 3.8) is 0 Å². The Hall–Kier alpha value is -2.21. The fraction of sp³-hybridized carbons (Fsp3) is 0.273. The summed E-state index contributed by atoms with van der Waals surface area (Å²) >= 11 is 7.75. The van der Waals surface area contributed by atoms with Crippen LogP contribution in [-0.2, 0) is 4.79 Å². The third-order valence-electron chi connectivity index (χ3n) is 4.57. The van der Waals surface area contributed by atoms with Crippen LogP contribution in [0.15, 0.2) is 42.5 Å². The average molecular weight is 414 g/mol. The Morgan fingerprint density at radius 1 is 1.14 bits per heavy atom. The van der Waals surface area contributed by atoms with Crippen LogP contribution in [0.3, 0.4) is 0 Å². The maximum atomic E-state index is 13.0. The lowest BCUT2D eigenvalue weighted by atomic mass is 10.1. The molecule has 0 saturated heterocycles. The number of aryl methyl sites for hydroxylation is 2. The van der Waals surface area contributed by atoms with Crippen LogP contribution in [0.4, 0.5) is 5.13 Å². The predicted octanol–water partition coefficient (Wildman–Crippen LogP) is 5.17. The Labute approximate surface area is 175 Å². The van der Waals surface area contributed by atoms with Gasteiger partial charge >= 0.3 is 0 Å². The van der Waals surface area contributed by atoms with E-state index in [4.69, 9.17) is 16.6 Å². The summed E-state index contributed by atoms with van der Waals surface area (Å²) in [6.45, 7) is 5.49. The molecule has 0 bridgehead atoms. The Balaban J connectivity index is 1.92. The zero-order valence-electron chi connectivity index (χ0n) is 16.6. The normalized spacial score (nSPS) is 11.6. The monoisotopic (exact) mass is 413 g/mol. The number of thiazole rings is 1. The fourth-order valence-electron chi connectivity index (χ4n) is 2.74. The van der Waals surface area contributed by atoms with Crippen molar-refractivity contribution in [1.29, 1.82) is 0 Å². The summed E-state index contributed by atoms with van der Waals surface area (Å²) < 4.78 is 1.09. The van der Waals surface area contributed by atoms with Crippen molar-refractivity contribution in [2.45, 2.75) is 13.8 Å². The maximum absolute atomic E-state index is 13.0. The molecule has 0 N–H and O–H groups in total. The minimum atomic E-state index is -0.103. The van der Waals surface area contributed by atoms with E-state index in [-0.39, 0.29) is 5.91 Å². The first-order valence-electron chi connectivity index (χ1n) is 9.12. The molecule has 3 aromatic rings. The van der Waals surface area contributed by atoms with E-state index in [9.17, 15) is 4.79 Å². The lowest BCUT2D eigenvalue weighted by Crippen LogP contribution is -2.35. The predicted molar refractivity (Wildman–Crippen MR) is 120 cm³/mol. The largest absolute Gasteiger partial charge is 0.308 e. The molecule has 1 aromatic heterocycles. The van der Waals surface area contributed by atoms with Crippen LogP contribution in [-0.4, -0.2) is 43.0 Å². The number of hydrogen-bond donors (Lipinski definition) is 0. The number of aromatic nitrogens is 1. The fourth-order valence-corrected chi connectivity index (χ4v) is 4.02. The van der Waals surface area contributed by atoms with Gasteiger partial charge in [0, 0.05) is 24.2 Å². The molecule has 0 spiro atoms. The number of halogens is 1. The summed E-state index contributed by atoms with van der Waals surface area (Å²) in [6.07, 6.45) is 3.33. The third-order valence-corrected chi connectivity index (χ3v) is 5.96. The maximum Gasteiger partial charge on any atom is 0.252 e. The number of rotatable bonds is 6. The highest BCUT2D eigenvalue weighted by Crippen LogP contribution is 2.31. The van der Waals surface area contributed by atoms with Crippen molar-refractivity contribution in [2.75, 3.05) is 32.1 Å². The first-order valence-corrected chi connectivity index (χ1v) is 10.3. The second-order valence-corrected chi connectivity index (χ2v) is 8.46. The lowest BCUT2D eigenvalue weighted by molar-refractivity contribution is -0.114. The SMILES string of the molecule is Cc1cc2nc(N(CCN(C)C)C(=O)C=Cc3ccccc3Cl)sc2cc1C. The highest BCUT2D eigenvalue weighted by molar-refractivity contribution is 7.22. The van der Waals surface area contributed by atoms with Gasteiger partial charge in [0.2, 0.25) is 0 Å². The number of carbonyl (C=O) groups excluding carboxylic acids is 1. The Morgan fingerprint density at radius 3 is 2.57 bits per heavy atom. The van der Waals surface area contributed by atoms with Crippen molar-refractivity contribution < 1.29 is 4.79 Å². The summed E-state index contributed by atoms with van der Waals surface area (Å²) in [6, 6.07) is 11.7. The van der Waals surface area contributed by atoms with Gasteiger partial charge in [-0.3, -0.25) is 9.69 Å². The molecule has 4 nitrogen and oxygen atoms in total. The summed E-state index contributed by atoms with van der Waals surface area (Å²) in [4.78, 5) is 21.5. The van der Waals surface area contributed by atoms with E-state index < -0.39 is 0 Å². The second-order valence-electron chi connectivity index (χ2n) is 7.05. The Bertz CT molecular complexity index is 987. The second kappa shape index (κ2) is 8.86. The van der Waals surface area contributed by atoms with Crippen LogP contribution in [0.2, 0.25) is 5.02 Å². The van der Waals surface area contributed by atoms with E-state index in [0.29, 0.717) is 11.6 Å². The van der Waals surface area contributed by atoms with Gasteiger partial charge < -0.3 is 4.90 Å². The van der Waals surface area contributed by atoms with Crippen LogP contribution < -0.4 is 4.90 Å². The molecule has 0 aliphatic rings. The summed E-state index contributed by atoms with van der Waals surface area (Å²) in [7, 11) is 3.99. The molecule has 3 rings (SSSR count). The molecule has 146 valence electrons. The summed E-state index contributed by atoms with van der Waals surface area (Å²) in [5.74, 6) is -0.103. The Kier molecular flexibility index (Phi) is 6.50. The highest BCUT2D eigenvalue weighted by atomic mass is 35.5. The molecular weight excluding hydrogens is 390 g/mol. The van der Waals surface area contributed by atoms with Crippen LogP contribution >= 0.6 is 22.9 Å². The first kappa shape index (κ1) is 20.5. The molecule has 0 fully saturated rings. The topological polar surface area (TPSA) is 36.4 Å². The van der Waals surface area contributed by atoms with Crippen LogP contribution in [0, 0.1) is 13.8 Å². The number of fused-ring (bicyclic) bond motifs is 1. The van der Waals surface area contributed by atoms with Crippen molar-refractivity contribution in [3.8, 4) is 0 Å². The molecule has 0 saturated carbocycles. The molecular formula is C22H24ClN3OS. The van der Waals surface area contributed by atoms with Gasteiger partial charge in [0.25, 0.3) is 5.91 Å². The van der Waals surface area contributed by atoms with Gasteiger partial charge in [-0.1, -0.05) is 41.1 Å². The minimum absolute atomic E-state index is 0.103. The van der Waals surface area contributed by atoms with E-state index in [1.165, 1.54) is 11.1 Å². The van der Waals surface area contributed by atoms with E-state index in [2.05, 4.69) is 30.9 Å². The number of hydrogen-bond acceptors (Lipinski definition) is 4. The zero-order valence-corrected chi connectivity index (χ0v) is 18.1. The number of carbonyl (C=O) groups is 1. The van der Waals surface area contributed by atoms with Gasteiger partial charge in [-0.05, 0) is 68.9 Å². The number of amides is 1. The molecule has 1 amide bonds. The van der Waals surface area contributed by atoms with Crippen LogP contribution in [0.1, 0.15) is 16.7 Å². The molecule has 28 heavy (non-hydrogen) atoms. The van der Waals surface area contributed by atoms with Gasteiger partial charge in [-0.25, -0.2) is 4.98 Å². The van der Waals surface area contributed by atoms with Crippen molar-refractivity contribution >= 4 is 50.3 Å². The number of likely N-dealkylation sites (N-methyl/N-ethyl adjacent to an activating group) is 1. The zero-order chi connectivity index (χ0) is 20.3. The number of nitrogens with zero attached hydrogens (tertiary/aromatic N) is 3. The van der Waals surface area contributed by atoms with E-state index in [1.807, 2.05) is 38.4 Å². The van der Waals surface area contributed by atoms with Gasteiger partial charge in [0.15, 0.2) is 5.13 Å². The van der Waals surface area contributed by atoms with Crippen LogP contribution in [0.25, 0.3) is 16.3 Å². The third kappa shape index (κ3) is 4.79. The standard InChI is InChI=1S/C22H24ClN3OS/c1-15-13-19-20(14-16(15)2)28-22(24-19)26(12-11-25(3)4)21(27)10-9-17-7-5-6-8-18(17)23/h5-10,13-14H,11-12H2,1-4H3. The number of benzene rings is 2. The molecule has 0 unspecified atom stereocenters. The molecule has 0 radical (unpaired) electrons. The molecule has 0 atom stereocenters. The lowest BCUT2D eigenvalue weighted by Gasteiger charge is -2.20. The van der Waals surface area contributed by atoms with E-state index in [1.54, 1.807) is 28.4 Å². The molecule has 0 aliphatic heterocycles. The van der Waals surface area contributed by atoms with Crippen molar-refractivity contribution in [1.82, 2.24) is 9.88 Å². The van der Waals surface area contributed by atoms with Crippen molar-refractivity contribution in [2.24, 2.45) is 0 Å². The van der Waals surface area contributed by atoms with E-state index >= 15 is 0 Å². The molecule has 6 heteroatoms. The van der Waals surface area contributed by atoms with Crippen molar-refractivity contribution in [3.05, 3.63) is 64.2 Å². The average Bonchev–Trinajstić information content (AvgIpc) is 3.03. The van der Waals surface area contributed by atoms with Gasteiger partial charge in [-0.2, -0.15) is 0 Å². The molecule has 2 aromatic carbocycles. The van der Waals surface area contributed by atoms with Gasteiger partial charge in [0.1, 0.15) is 0 Å². The van der Waals surface area contributed by atoms with Gasteiger partial charge in [-0.15, -0.1) is 0 Å². The van der Waals surface area contributed by atoms with E-state index in [0.717, 1.165) is 27.5 Å². The molecule has 0 aliphatic carbocycles. The summed E-state index contributed by atoms with van der Waals surface area (Å²) in [5.41, 5.74) is 4.18. The highest BCUT2D eigenvalue weighted by Gasteiger charge is 2.18. The van der Waals surface area contributed by atoms with Crippen LogP contribution in [0.5, 0.6) is 0 Å². The number of anilines is 1. The molecule has 1 heterocycles.